The van der Waals surface area contributed by atoms with Crippen LogP contribution in [0.4, 0.5) is 0 Å². The van der Waals surface area contributed by atoms with Crippen molar-refractivity contribution in [3.63, 3.8) is 0 Å². The summed E-state index contributed by atoms with van der Waals surface area (Å²) in [5.41, 5.74) is 2.70. The number of halogens is 1. The monoisotopic (exact) mass is 332 g/mol. The Labute approximate surface area is 116 Å². The molecule has 0 aliphatic heterocycles. The Morgan fingerprint density at radius 1 is 1.39 bits per heavy atom. The van der Waals surface area contributed by atoms with E-state index >= 15 is 0 Å². The van der Waals surface area contributed by atoms with Crippen LogP contribution in [0.5, 0.6) is 0 Å². The Kier molecular flexibility index (Phi) is 4.42. The van der Waals surface area contributed by atoms with Crippen LogP contribution in [-0.2, 0) is 16.4 Å². The molecule has 0 aromatic heterocycles. The van der Waals surface area contributed by atoms with E-state index in [0.29, 0.717) is 19.1 Å². The second kappa shape index (κ2) is 5.69. The average molecular weight is 333 g/mol. The summed E-state index contributed by atoms with van der Waals surface area (Å²) in [5, 5.41) is 3.39. The van der Waals surface area contributed by atoms with Crippen molar-refractivity contribution in [3.8, 4) is 0 Å². The fourth-order valence-electron chi connectivity index (χ4n) is 2.28. The van der Waals surface area contributed by atoms with Gasteiger partial charge in [-0.25, -0.2) is 13.1 Å². The highest BCUT2D eigenvalue weighted by Gasteiger charge is 2.21. The highest BCUT2D eigenvalue weighted by molar-refractivity contribution is 9.10. The smallest absolute Gasteiger partial charge is 0.208 e. The van der Waals surface area contributed by atoms with E-state index in [1.807, 2.05) is 6.07 Å². The van der Waals surface area contributed by atoms with Gasteiger partial charge in [-0.15, -0.1) is 0 Å². The molecule has 1 aromatic rings. The molecular weight excluding hydrogens is 316 g/mol. The fraction of sp³-hybridized carbons (Fsp3) is 0.500. The molecule has 1 aromatic carbocycles. The molecule has 0 fully saturated rings. The molecule has 0 amide bonds. The molecule has 4 nitrogen and oxygen atoms in total. The number of nitrogens with one attached hydrogen (secondary N) is 2. The zero-order chi connectivity index (χ0) is 13.2. The minimum absolute atomic E-state index is 0.342. The molecule has 6 heteroatoms. The van der Waals surface area contributed by atoms with E-state index in [1.165, 1.54) is 17.4 Å². The molecule has 0 saturated carbocycles. The number of fused-ring (bicyclic) bond motifs is 1. The maximum Gasteiger partial charge on any atom is 0.208 e. The second-order valence-corrected chi connectivity index (χ2v) is 7.30. The van der Waals surface area contributed by atoms with E-state index < -0.39 is 10.0 Å². The number of rotatable bonds is 5. The van der Waals surface area contributed by atoms with Crippen LogP contribution in [0, 0.1) is 0 Å². The third-order valence-electron chi connectivity index (χ3n) is 3.06. The van der Waals surface area contributed by atoms with Crippen molar-refractivity contribution in [2.24, 2.45) is 0 Å². The molecule has 18 heavy (non-hydrogen) atoms. The van der Waals surface area contributed by atoms with Crippen LogP contribution in [0.15, 0.2) is 22.7 Å². The Morgan fingerprint density at radius 3 is 2.89 bits per heavy atom. The third kappa shape index (κ3) is 3.78. The van der Waals surface area contributed by atoms with Crippen LogP contribution in [0.1, 0.15) is 23.6 Å². The quantitative estimate of drug-likeness (QED) is 0.805. The van der Waals surface area contributed by atoms with Crippen molar-refractivity contribution in [3.05, 3.63) is 33.8 Å². The first-order chi connectivity index (χ1) is 8.46. The molecule has 0 spiro atoms. The zero-order valence-electron chi connectivity index (χ0n) is 10.2. The van der Waals surface area contributed by atoms with Crippen molar-refractivity contribution >= 4 is 26.0 Å². The molecule has 2 N–H and O–H groups in total. The molecule has 0 saturated heterocycles. The van der Waals surface area contributed by atoms with Crippen molar-refractivity contribution < 1.29 is 8.42 Å². The van der Waals surface area contributed by atoms with Crippen LogP contribution >= 0.6 is 15.9 Å². The van der Waals surface area contributed by atoms with Gasteiger partial charge in [-0.1, -0.05) is 22.0 Å². The highest BCUT2D eigenvalue weighted by Crippen LogP contribution is 2.32. The molecule has 0 bridgehead atoms. The van der Waals surface area contributed by atoms with Gasteiger partial charge in [0.25, 0.3) is 0 Å². The highest BCUT2D eigenvalue weighted by atomic mass is 79.9. The minimum atomic E-state index is -3.08. The SMILES string of the molecule is CS(=O)(=O)NCCNC1CCc2cc(Br)ccc21. The summed E-state index contributed by atoms with van der Waals surface area (Å²) in [6.07, 6.45) is 3.33. The summed E-state index contributed by atoms with van der Waals surface area (Å²) in [6.45, 7) is 1.08. The van der Waals surface area contributed by atoms with E-state index in [-0.39, 0.29) is 0 Å². The molecule has 2 rings (SSSR count). The summed E-state index contributed by atoms with van der Waals surface area (Å²) in [6, 6.07) is 6.68. The largest absolute Gasteiger partial charge is 0.309 e. The van der Waals surface area contributed by atoms with Gasteiger partial charge in [-0.05, 0) is 36.1 Å². The van der Waals surface area contributed by atoms with Gasteiger partial charge >= 0.3 is 0 Å². The van der Waals surface area contributed by atoms with Gasteiger partial charge in [0, 0.05) is 23.6 Å². The zero-order valence-corrected chi connectivity index (χ0v) is 12.6. The molecule has 1 unspecified atom stereocenters. The molecule has 1 atom stereocenters. The van der Waals surface area contributed by atoms with E-state index in [9.17, 15) is 8.42 Å². The molecular formula is C12H17BrN2O2S. The summed E-state index contributed by atoms with van der Waals surface area (Å²) in [4.78, 5) is 0. The summed E-state index contributed by atoms with van der Waals surface area (Å²) < 4.78 is 25.4. The topological polar surface area (TPSA) is 58.2 Å². The summed E-state index contributed by atoms with van der Waals surface area (Å²) >= 11 is 3.47. The lowest BCUT2D eigenvalue weighted by Crippen LogP contribution is -2.32. The predicted molar refractivity (Wildman–Crippen MR) is 76.1 cm³/mol. The molecule has 1 aliphatic rings. The van der Waals surface area contributed by atoms with E-state index in [2.05, 4.69) is 38.1 Å². The predicted octanol–water partition coefficient (Wildman–Crippen LogP) is 1.58. The lowest BCUT2D eigenvalue weighted by Gasteiger charge is -2.14. The number of benzene rings is 1. The standard InChI is InChI=1S/C12H17BrN2O2S/c1-18(16,17)15-7-6-14-12-5-2-9-8-10(13)3-4-11(9)12/h3-4,8,12,14-15H,2,5-7H2,1H3. The van der Waals surface area contributed by atoms with Crippen LogP contribution in [0.25, 0.3) is 0 Å². The third-order valence-corrected chi connectivity index (χ3v) is 4.28. The first-order valence-electron chi connectivity index (χ1n) is 5.92. The van der Waals surface area contributed by atoms with E-state index in [1.54, 1.807) is 0 Å². The van der Waals surface area contributed by atoms with Crippen LogP contribution in [-0.4, -0.2) is 27.8 Å². The number of sulfonamides is 1. The first-order valence-corrected chi connectivity index (χ1v) is 8.60. The minimum Gasteiger partial charge on any atom is -0.309 e. The van der Waals surface area contributed by atoms with Crippen molar-refractivity contribution in [2.75, 3.05) is 19.3 Å². The van der Waals surface area contributed by atoms with Crippen molar-refractivity contribution in [2.45, 2.75) is 18.9 Å². The van der Waals surface area contributed by atoms with Gasteiger partial charge in [0.1, 0.15) is 0 Å². The van der Waals surface area contributed by atoms with Gasteiger partial charge in [-0.3, -0.25) is 0 Å². The van der Waals surface area contributed by atoms with Gasteiger partial charge in [0.05, 0.1) is 6.26 Å². The lowest BCUT2D eigenvalue weighted by molar-refractivity contribution is 0.526. The maximum atomic E-state index is 10.9. The van der Waals surface area contributed by atoms with Gasteiger partial charge in [0.2, 0.25) is 10.0 Å². The Morgan fingerprint density at radius 2 is 2.17 bits per heavy atom. The van der Waals surface area contributed by atoms with Gasteiger partial charge in [-0.2, -0.15) is 0 Å². The fourth-order valence-corrected chi connectivity index (χ4v) is 3.16. The number of aryl methyl sites for hydroxylation is 1. The molecule has 1 aliphatic carbocycles. The number of hydrogen-bond acceptors (Lipinski definition) is 3. The van der Waals surface area contributed by atoms with E-state index in [0.717, 1.165) is 17.3 Å². The van der Waals surface area contributed by atoms with Gasteiger partial charge in [0.15, 0.2) is 0 Å². The van der Waals surface area contributed by atoms with E-state index in [4.69, 9.17) is 0 Å². The van der Waals surface area contributed by atoms with Crippen LogP contribution < -0.4 is 10.0 Å². The normalized spacial score (nSPS) is 18.9. The van der Waals surface area contributed by atoms with Gasteiger partial charge < -0.3 is 5.32 Å². The average Bonchev–Trinajstić information content (AvgIpc) is 2.65. The Balaban J connectivity index is 1.87. The summed E-state index contributed by atoms with van der Waals surface area (Å²) in [5.74, 6) is 0. The molecule has 100 valence electrons. The van der Waals surface area contributed by atoms with Crippen molar-refractivity contribution in [1.29, 1.82) is 0 Å². The van der Waals surface area contributed by atoms with Crippen LogP contribution in [0.2, 0.25) is 0 Å². The van der Waals surface area contributed by atoms with Crippen LogP contribution in [0.3, 0.4) is 0 Å². The first kappa shape index (κ1) is 14.0. The van der Waals surface area contributed by atoms with Crippen molar-refractivity contribution in [1.82, 2.24) is 10.0 Å². The Bertz CT molecular complexity index is 531. The maximum absolute atomic E-state index is 10.9. The Hall–Kier alpha value is -0.430. The summed E-state index contributed by atoms with van der Waals surface area (Å²) in [7, 11) is -3.08. The second-order valence-electron chi connectivity index (χ2n) is 4.56. The molecule has 0 heterocycles. The molecule has 0 radical (unpaired) electrons. The number of hydrogen-bond donors (Lipinski definition) is 2. The lowest BCUT2D eigenvalue weighted by atomic mass is 10.1.